The Morgan fingerprint density at radius 1 is 1.00 bits per heavy atom. The summed E-state index contributed by atoms with van der Waals surface area (Å²) in [5.41, 5.74) is 3.74. The van der Waals surface area contributed by atoms with Gasteiger partial charge in [0.15, 0.2) is 0 Å². The summed E-state index contributed by atoms with van der Waals surface area (Å²) >= 11 is 0. The fourth-order valence-corrected chi connectivity index (χ4v) is 3.37. The molecule has 1 heterocycles. The summed E-state index contributed by atoms with van der Waals surface area (Å²) in [5.74, 6) is -0.418. The van der Waals surface area contributed by atoms with E-state index in [1.54, 1.807) is 23.1 Å². The van der Waals surface area contributed by atoms with Gasteiger partial charge in [0.1, 0.15) is 5.82 Å². The van der Waals surface area contributed by atoms with E-state index in [9.17, 15) is 14.0 Å². The number of nitrogens with one attached hydrogen (secondary N) is 1. The van der Waals surface area contributed by atoms with Gasteiger partial charge in [0.2, 0.25) is 11.8 Å². The summed E-state index contributed by atoms with van der Waals surface area (Å²) in [6.07, 6.45) is 3.20. The molecule has 0 bridgehead atoms. The van der Waals surface area contributed by atoms with Crippen molar-refractivity contribution in [1.82, 2.24) is 9.80 Å². The number of hydrogen-bond donors (Lipinski definition) is 1. The first-order chi connectivity index (χ1) is 13.9. The lowest BCUT2D eigenvalue weighted by molar-refractivity contribution is -0.127. The van der Waals surface area contributed by atoms with Crippen LogP contribution in [0.2, 0.25) is 0 Å². The zero-order valence-corrected chi connectivity index (χ0v) is 16.8. The van der Waals surface area contributed by atoms with Gasteiger partial charge in [0, 0.05) is 37.9 Å². The zero-order chi connectivity index (χ0) is 20.8. The molecule has 0 aliphatic carbocycles. The molecular weight excluding hydrogens is 369 g/mol. The van der Waals surface area contributed by atoms with Gasteiger partial charge in [-0.1, -0.05) is 30.3 Å². The van der Waals surface area contributed by atoms with Crippen LogP contribution in [0.15, 0.2) is 48.5 Å². The summed E-state index contributed by atoms with van der Waals surface area (Å²) in [7, 11) is 0. The van der Waals surface area contributed by atoms with E-state index in [2.05, 4.69) is 10.2 Å². The molecule has 1 fully saturated rings. The fraction of sp³-hybridized carbons (Fsp3) is 0.304. The van der Waals surface area contributed by atoms with Crippen molar-refractivity contribution in [3.63, 3.8) is 0 Å². The number of halogens is 1. The van der Waals surface area contributed by atoms with Crippen molar-refractivity contribution < 1.29 is 14.0 Å². The Bertz CT molecular complexity index is 881. The van der Waals surface area contributed by atoms with E-state index in [1.165, 1.54) is 18.2 Å². The molecule has 152 valence electrons. The average Bonchev–Trinajstić information content (AvgIpc) is 2.71. The second-order valence-electron chi connectivity index (χ2n) is 7.30. The van der Waals surface area contributed by atoms with Crippen LogP contribution in [0.4, 0.5) is 10.1 Å². The monoisotopic (exact) mass is 395 g/mol. The summed E-state index contributed by atoms with van der Waals surface area (Å²) in [6.45, 7) is 6.71. The molecule has 0 unspecified atom stereocenters. The minimum atomic E-state index is -0.300. The highest BCUT2D eigenvalue weighted by atomic mass is 19.1. The first-order valence-corrected chi connectivity index (χ1v) is 9.73. The number of piperazine rings is 1. The molecule has 2 amide bonds. The lowest BCUT2D eigenvalue weighted by Gasteiger charge is -2.33. The number of carbonyl (C=O) groups is 2. The molecule has 1 saturated heterocycles. The number of hydrogen-bond acceptors (Lipinski definition) is 3. The van der Waals surface area contributed by atoms with Gasteiger partial charge in [-0.2, -0.15) is 0 Å². The molecule has 2 aromatic carbocycles. The third-order valence-electron chi connectivity index (χ3n) is 5.09. The van der Waals surface area contributed by atoms with E-state index in [4.69, 9.17) is 0 Å². The quantitative estimate of drug-likeness (QED) is 0.791. The molecule has 0 radical (unpaired) electrons. The van der Waals surface area contributed by atoms with Gasteiger partial charge in [0.25, 0.3) is 0 Å². The van der Waals surface area contributed by atoms with Crippen LogP contribution in [0.25, 0.3) is 6.08 Å². The van der Waals surface area contributed by atoms with Crippen molar-refractivity contribution in [2.24, 2.45) is 0 Å². The van der Waals surface area contributed by atoms with Crippen molar-refractivity contribution in [2.75, 3.05) is 38.0 Å². The third kappa shape index (κ3) is 5.74. The molecular formula is C23H26FN3O2. The van der Waals surface area contributed by atoms with Crippen LogP contribution in [-0.2, 0) is 9.59 Å². The van der Waals surface area contributed by atoms with Gasteiger partial charge in [-0.05, 0) is 48.7 Å². The van der Waals surface area contributed by atoms with E-state index in [-0.39, 0.29) is 17.6 Å². The number of para-hydroxylation sites is 1. The largest absolute Gasteiger partial charge is 0.337 e. The topological polar surface area (TPSA) is 52.7 Å². The number of anilines is 1. The first kappa shape index (κ1) is 20.7. The molecule has 1 aliphatic heterocycles. The summed E-state index contributed by atoms with van der Waals surface area (Å²) in [5, 5.41) is 3.00. The highest BCUT2D eigenvalue weighted by molar-refractivity contribution is 5.94. The van der Waals surface area contributed by atoms with Gasteiger partial charge in [-0.15, -0.1) is 0 Å². The maximum absolute atomic E-state index is 12.9. The van der Waals surface area contributed by atoms with Crippen LogP contribution >= 0.6 is 0 Å². The third-order valence-corrected chi connectivity index (χ3v) is 5.09. The number of carbonyl (C=O) groups excluding carboxylic acids is 2. The molecule has 0 spiro atoms. The normalized spacial score (nSPS) is 14.9. The summed E-state index contributed by atoms with van der Waals surface area (Å²) < 4.78 is 12.9. The number of amides is 2. The van der Waals surface area contributed by atoms with Gasteiger partial charge in [-0.3, -0.25) is 14.5 Å². The van der Waals surface area contributed by atoms with Crippen molar-refractivity contribution in [3.05, 3.63) is 71.0 Å². The lowest BCUT2D eigenvalue weighted by atomic mass is 10.1. The van der Waals surface area contributed by atoms with E-state index < -0.39 is 0 Å². The molecule has 3 rings (SSSR count). The van der Waals surface area contributed by atoms with Crippen LogP contribution in [0.1, 0.15) is 16.7 Å². The van der Waals surface area contributed by atoms with Gasteiger partial charge in [0.05, 0.1) is 6.54 Å². The SMILES string of the molecule is Cc1cccc(C)c1NC(=O)CN1CCN(C(=O)C=Cc2ccc(F)cc2)CC1. The van der Waals surface area contributed by atoms with E-state index in [1.807, 2.05) is 32.0 Å². The van der Waals surface area contributed by atoms with E-state index >= 15 is 0 Å². The molecule has 6 heteroatoms. The van der Waals surface area contributed by atoms with Gasteiger partial charge >= 0.3 is 0 Å². The highest BCUT2D eigenvalue weighted by Crippen LogP contribution is 2.19. The molecule has 29 heavy (non-hydrogen) atoms. The molecule has 5 nitrogen and oxygen atoms in total. The lowest BCUT2D eigenvalue weighted by Crippen LogP contribution is -2.50. The number of nitrogens with zero attached hydrogens (tertiary/aromatic N) is 2. The first-order valence-electron chi connectivity index (χ1n) is 9.73. The summed E-state index contributed by atoms with van der Waals surface area (Å²) in [4.78, 5) is 28.6. The maximum Gasteiger partial charge on any atom is 0.246 e. The number of aryl methyl sites for hydroxylation is 2. The van der Waals surface area contributed by atoms with Crippen LogP contribution < -0.4 is 5.32 Å². The molecule has 1 aliphatic rings. The predicted molar refractivity (Wildman–Crippen MR) is 113 cm³/mol. The Morgan fingerprint density at radius 2 is 1.62 bits per heavy atom. The van der Waals surface area contributed by atoms with Crippen LogP contribution in [0.5, 0.6) is 0 Å². The maximum atomic E-state index is 12.9. The standard InChI is InChI=1S/C23H26FN3O2/c1-17-4-3-5-18(2)23(17)25-21(28)16-26-12-14-27(15-13-26)22(29)11-8-19-6-9-20(24)10-7-19/h3-11H,12-16H2,1-2H3,(H,25,28). The highest BCUT2D eigenvalue weighted by Gasteiger charge is 2.21. The Morgan fingerprint density at radius 3 is 2.24 bits per heavy atom. The van der Waals surface area contributed by atoms with Crippen molar-refractivity contribution in [3.8, 4) is 0 Å². The minimum absolute atomic E-state index is 0.0432. The summed E-state index contributed by atoms with van der Waals surface area (Å²) in [6, 6.07) is 11.9. The number of rotatable bonds is 5. The molecule has 2 aromatic rings. The minimum Gasteiger partial charge on any atom is -0.337 e. The van der Waals surface area contributed by atoms with E-state index in [0.29, 0.717) is 32.7 Å². The molecule has 0 saturated carbocycles. The Kier molecular flexibility index (Phi) is 6.77. The predicted octanol–water partition coefficient (Wildman–Crippen LogP) is 3.24. The van der Waals surface area contributed by atoms with Crippen LogP contribution in [0.3, 0.4) is 0 Å². The zero-order valence-electron chi connectivity index (χ0n) is 16.8. The van der Waals surface area contributed by atoms with Gasteiger partial charge in [-0.25, -0.2) is 4.39 Å². The second kappa shape index (κ2) is 9.47. The van der Waals surface area contributed by atoms with Crippen molar-refractivity contribution >= 4 is 23.6 Å². The Hall–Kier alpha value is -2.99. The molecule has 1 N–H and O–H groups in total. The van der Waals surface area contributed by atoms with E-state index in [0.717, 1.165) is 22.4 Å². The average molecular weight is 395 g/mol. The van der Waals surface area contributed by atoms with Crippen LogP contribution in [-0.4, -0.2) is 54.3 Å². The smallest absolute Gasteiger partial charge is 0.246 e. The molecule has 0 aromatic heterocycles. The Labute approximate surface area is 170 Å². The van der Waals surface area contributed by atoms with Crippen LogP contribution in [0, 0.1) is 19.7 Å². The Balaban J connectivity index is 1.46. The van der Waals surface area contributed by atoms with Crippen molar-refractivity contribution in [1.29, 1.82) is 0 Å². The van der Waals surface area contributed by atoms with Crippen molar-refractivity contribution in [2.45, 2.75) is 13.8 Å². The number of benzene rings is 2. The van der Waals surface area contributed by atoms with Gasteiger partial charge < -0.3 is 10.2 Å². The molecule has 0 atom stereocenters. The fourth-order valence-electron chi connectivity index (χ4n) is 3.37. The second-order valence-corrected chi connectivity index (χ2v) is 7.30.